The zero-order chi connectivity index (χ0) is 9.40. The molecule has 0 bridgehead atoms. The molecule has 12 heavy (non-hydrogen) atoms. The highest BCUT2D eigenvalue weighted by Gasteiger charge is 2.12. The first-order chi connectivity index (χ1) is 5.72. The number of hydrogen-bond donors (Lipinski definition) is 3. The van der Waals surface area contributed by atoms with E-state index < -0.39 is 12.0 Å². The highest BCUT2D eigenvalue weighted by molar-refractivity contribution is 5.74. The number of unbranched alkanes of at least 4 members (excludes halogenated alkanes) is 2. The third kappa shape index (κ3) is 5.06. The van der Waals surface area contributed by atoms with Crippen molar-refractivity contribution >= 4 is 5.97 Å². The minimum Gasteiger partial charge on any atom is -0.372 e. The second-order valence-corrected chi connectivity index (χ2v) is 2.68. The molecule has 0 aromatic carbocycles. The van der Waals surface area contributed by atoms with Gasteiger partial charge in [0.25, 0.3) is 0 Å². The summed E-state index contributed by atoms with van der Waals surface area (Å²) < 4.78 is 0. The van der Waals surface area contributed by atoms with Gasteiger partial charge in [0.05, 0.1) is 0 Å². The van der Waals surface area contributed by atoms with Crippen LogP contribution < -0.4 is 17.4 Å². The van der Waals surface area contributed by atoms with E-state index >= 15 is 0 Å². The molecule has 0 spiro atoms. The summed E-state index contributed by atoms with van der Waals surface area (Å²) in [6.07, 6.45) is 3.44. The lowest BCUT2D eigenvalue weighted by Crippen LogP contribution is -2.33. The van der Waals surface area contributed by atoms with Gasteiger partial charge in [0.15, 0.2) is 0 Å². The van der Waals surface area contributed by atoms with E-state index in [1.54, 1.807) is 0 Å². The molecule has 0 heterocycles. The molecule has 0 radical (unpaired) electrons. The maximum Gasteiger partial charge on any atom is 0.341 e. The zero-order valence-electron chi connectivity index (χ0n) is 7.16. The van der Waals surface area contributed by atoms with Crippen molar-refractivity contribution in [1.29, 1.82) is 0 Å². The SMILES string of the molecule is NCCCCCC(N)C(=O)ON. The summed E-state index contributed by atoms with van der Waals surface area (Å²) in [5.74, 6) is 4.10. The average Bonchev–Trinajstić information content (AvgIpc) is 2.10. The summed E-state index contributed by atoms with van der Waals surface area (Å²) in [7, 11) is 0. The molecule has 0 aliphatic carbocycles. The van der Waals surface area contributed by atoms with Crippen LogP contribution in [0.15, 0.2) is 0 Å². The van der Waals surface area contributed by atoms with E-state index in [0.717, 1.165) is 19.3 Å². The number of hydrogen-bond acceptors (Lipinski definition) is 5. The Hall–Kier alpha value is -0.650. The smallest absolute Gasteiger partial charge is 0.341 e. The molecule has 0 aromatic heterocycles. The first-order valence-electron chi connectivity index (χ1n) is 4.08. The Bertz CT molecular complexity index is 130. The summed E-state index contributed by atoms with van der Waals surface area (Å²) in [6, 6.07) is -0.590. The minimum atomic E-state index is -0.590. The number of carbonyl (C=O) groups is 1. The molecule has 0 saturated heterocycles. The Kier molecular flexibility index (Phi) is 6.64. The van der Waals surface area contributed by atoms with Gasteiger partial charge in [-0.25, -0.2) is 4.79 Å². The van der Waals surface area contributed by atoms with Crippen molar-refractivity contribution in [2.45, 2.75) is 31.7 Å². The van der Waals surface area contributed by atoms with E-state index in [2.05, 4.69) is 10.7 Å². The lowest BCUT2D eigenvalue weighted by molar-refractivity contribution is -0.145. The predicted molar refractivity (Wildman–Crippen MR) is 45.8 cm³/mol. The highest BCUT2D eigenvalue weighted by atomic mass is 16.7. The van der Waals surface area contributed by atoms with Gasteiger partial charge < -0.3 is 16.3 Å². The van der Waals surface area contributed by atoms with Crippen LogP contribution in [0.4, 0.5) is 0 Å². The van der Waals surface area contributed by atoms with Crippen molar-refractivity contribution in [2.24, 2.45) is 17.4 Å². The Labute approximate surface area is 72.2 Å². The average molecular weight is 175 g/mol. The topological polar surface area (TPSA) is 104 Å². The Morgan fingerprint density at radius 1 is 1.33 bits per heavy atom. The van der Waals surface area contributed by atoms with Gasteiger partial charge in [0, 0.05) is 0 Å². The van der Waals surface area contributed by atoms with E-state index in [4.69, 9.17) is 11.5 Å². The molecule has 0 saturated carbocycles. The lowest BCUT2D eigenvalue weighted by Gasteiger charge is -2.07. The lowest BCUT2D eigenvalue weighted by atomic mass is 10.1. The van der Waals surface area contributed by atoms with Crippen LogP contribution in [-0.4, -0.2) is 18.6 Å². The van der Waals surface area contributed by atoms with E-state index in [-0.39, 0.29) is 0 Å². The van der Waals surface area contributed by atoms with Crippen LogP contribution in [0.3, 0.4) is 0 Å². The van der Waals surface area contributed by atoms with Gasteiger partial charge in [-0.05, 0) is 19.4 Å². The second-order valence-electron chi connectivity index (χ2n) is 2.68. The predicted octanol–water partition coefficient (Wildman–Crippen LogP) is -0.750. The van der Waals surface area contributed by atoms with E-state index in [1.807, 2.05) is 0 Å². The summed E-state index contributed by atoms with van der Waals surface area (Å²) in [5.41, 5.74) is 10.7. The van der Waals surface area contributed by atoms with Gasteiger partial charge in [0.2, 0.25) is 0 Å². The maximum absolute atomic E-state index is 10.7. The third-order valence-corrected chi connectivity index (χ3v) is 1.64. The van der Waals surface area contributed by atoms with Crippen molar-refractivity contribution in [3.63, 3.8) is 0 Å². The fraction of sp³-hybridized carbons (Fsp3) is 0.857. The van der Waals surface area contributed by atoms with Crippen LogP contribution in [0.1, 0.15) is 25.7 Å². The van der Waals surface area contributed by atoms with Gasteiger partial charge in [-0.15, -0.1) is 0 Å². The molecule has 6 N–H and O–H groups in total. The first kappa shape index (κ1) is 11.4. The summed E-state index contributed by atoms with van der Waals surface area (Å²) in [5, 5.41) is 0. The largest absolute Gasteiger partial charge is 0.372 e. The molecular weight excluding hydrogens is 158 g/mol. The normalized spacial score (nSPS) is 12.6. The van der Waals surface area contributed by atoms with Crippen LogP contribution in [0.25, 0.3) is 0 Å². The molecule has 5 nitrogen and oxygen atoms in total. The zero-order valence-corrected chi connectivity index (χ0v) is 7.16. The summed E-state index contributed by atoms with van der Waals surface area (Å²) in [4.78, 5) is 14.7. The summed E-state index contributed by atoms with van der Waals surface area (Å²) >= 11 is 0. The maximum atomic E-state index is 10.7. The monoisotopic (exact) mass is 175 g/mol. The van der Waals surface area contributed by atoms with Gasteiger partial charge in [-0.3, -0.25) is 0 Å². The molecule has 0 aliphatic rings. The van der Waals surface area contributed by atoms with Crippen molar-refractivity contribution in [2.75, 3.05) is 6.54 Å². The van der Waals surface area contributed by atoms with Crippen LogP contribution >= 0.6 is 0 Å². The summed E-state index contributed by atoms with van der Waals surface area (Å²) in [6.45, 7) is 0.677. The van der Waals surface area contributed by atoms with Crippen LogP contribution in [0, 0.1) is 0 Å². The van der Waals surface area contributed by atoms with Gasteiger partial charge in [-0.2, -0.15) is 5.90 Å². The molecule has 5 heteroatoms. The molecule has 0 fully saturated rings. The molecule has 72 valence electrons. The fourth-order valence-corrected chi connectivity index (χ4v) is 0.891. The number of nitrogens with two attached hydrogens (primary N) is 3. The van der Waals surface area contributed by atoms with Crippen molar-refractivity contribution < 1.29 is 9.63 Å². The van der Waals surface area contributed by atoms with Gasteiger partial charge in [0.1, 0.15) is 6.04 Å². The molecule has 1 unspecified atom stereocenters. The molecule has 0 aromatic rings. The second kappa shape index (κ2) is 7.02. The molecular formula is C7H17N3O2. The van der Waals surface area contributed by atoms with E-state index in [9.17, 15) is 4.79 Å². The van der Waals surface area contributed by atoms with Gasteiger partial charge in [-0.1, -0.05) is 12.8 Å². The van der Waals surface area contributed by atoms with E-state index in [1.165, 1.54) is 0 Å². The Balaban J connectivity index is 3.31. The Morgan fingerprint density at radius 2 is 2.00 bits per heavy atom. The van der Waals surface area contributed by atoms with E-state index in [0.29, 0.717) is 13.0 Å². The molecule has 0 rings (SSSR count). The fourth-order valence-electron chi connectivity index (χ4n) is 0.891. The van der Waals surface area contributed by atoms with Crippen LogP contribution in [0.5, 0.6) is 0 Å². The van der Waals surface area contributed by atoms with Crippen molar-refractivity contribution in [3.05, 3.63) is 0 Å². The van der Waals surface area contributed by atoms with Crippen molar-refractivity contribution in [3.8, 4) is 0 Å². The third-order valence-electron chi connectivity index (χ3n) is 1.64. The minimum absolute atomic E-state index is 0.553. The standard InChI is InChI=1S/C7H17N3O2/c8-5-3-1-2-4-6(9)7(11)12-10/h6H,1-5,8-10H2. The van der Waals surface area contributed by atoms with Gasteiger partial charge >= 0.3 is 5.97 Å². The van der Waals surface area contributed by atoms with Crippen LogP contribution in [-0.2, 0) is 9.63 Å². The van der Waals surface area contributed by atoms with Crippen LogP contribution in [0.2, 0.25) is 0 Å². The number of carbonyl (C=O) groups excluding carboxylic acids is 1. The Morgan fingerprint density at radius 3 is 2.50 bits per heavy atom. The molecule has 0 aliphatic heterocycles. The molecule has 0 amide bonds. The molecule has 1 atom stereocenters. The quantitative estimate of drug-likeness (QED) is 0.364. The van der Waals surface area contributed by atoms with Crippen molar-refractivity contribution in [1.82, 2.24) is 0 Å². The first-order valence-corrected chi connectivity index (χ1v) is 4.08. The number of rotatable bonds is 6. The highest BCUT2D eigenvalue weighted by Crippen LogP contribution is 2.01.